The molecule has 2 N–H and O–H groups in total. The van der Waals surface area contributed by atoms with Gasteiger partial charge in [-0.1, -0.05) is 13.8 Å². The van der Waals surface area contributed by atoms with E-state index in [0.29, 0.717) is 12.3 Å². The number of nitrogens with two attached hydrogens (primary N) is 1. The zero-order valence-electron chi connectivity index (χ0n) is 11.6. The van der Waals surface area contributed by atoms with Crippen LogP contribution < -0.4 is 5.73 Å². The van der Waals surface area contributed by atoms with Gasteiger partial charge in [-0.3, -0.25) is 9.69 Å². The van der Waals surface area contributed by atoms with Gasteiger partial charge in [-0.15, -0.1) is 24.8 Å². The van der Waals surface area contributed by atoms with E-state index in [1.165, 1.54) is 0 Å². The van der Waals surface area contributed by atoms with E-state index in [9.17, 15) is 4.79 Å². The minimum absolute atomic E-state index is 0. The summed E-state index contributed by atoms with van der Waals surface area (Å²) in [6, 6.07) is -0.0267. The first-order valence-electron chi connectivity index (χ1n) is 6.24. The fraction of sp³-hybridized carbons (Fsp3) is 0.917. The third kappa shape index (κ3) is 7.41. The predicted molar refractivity (Wildman–Crippen MR) is 80.6 cm³/mol. The summed E-state index contributed by atoms with van der Waals surface area (Å²) in [6.07, 6.45) is 0.476. The summed E-state index contributed by atoms with van der Waals surface area (Å²) < 4.78 is 0. The number of piperazine rings is 1. The van der Waals surface area contributed by atoms with Crippen molar-refractivity contribution in [1.82, 2.24) is 9.80 Å². The van der Waals surface area contributed by atoms with Gasteiger partial charge in [0.1, 0.15) is 0 Å². The van der Waals surface area contributed by atoms with E-state index in [2.05, 4.69) is 18.7 Å². The lowest BCUT2D eigenvalue weighted by molar-refractivity contribution is -0.133. The predicted octanol–water partition coefficient (Wildman–Crippen LogP) is 1.37. The maximum atomic E-state index is 11.8. The van der Waals surface area contributed by atoms with E-state index in [0.717, 1.165) is 32.7 Å². The largest absolute Gasteiger partial charge is 0.340 e. The van der Waals surface area contributed by atoms with Crippen LogP contribution in [0.15, 0.2) is 0 Å². The van der Waals surface area contributed by atoms with Crippen LogP contribution in [0.3, 0.4) is 0 Å². The number of amides is 1. The average molecular weight is 300 g/mol. The van der Waals surface area contributed by atoms with Crippen molar-refractivity contribution in [3.63, 3.8) is 0 Å². The van der Waals surface area contributed by atoms with Crippen molar-refractivity contribution in [2.75, 3.05) is 32.7 Å². The zero-order valence-corrected chi connectivity index (χ0v) is 13.2. The summed E-state index contributed by atoms with van der Waals surface area (Å²) >= 11 is 0. The highest BCUT2D eigenvalue weighted by atomic mass is 35.5. The third-order valence-corrected chi connectivity index (χ3v) is 2.84. The summed E-state index contributed by atoms with van der Waals surface area (Å²) in [5.41, 5.74) is 5.64. The molecule has 0 spiro atoms. The molecule has 0 aromatic carbocycles. The fourth-order valence-corrected chi connectivity index (χ4v) is 2.10. The van der Waals surface area contributed by atoms with E-state index < -0.39 is 0 Å². The lowest BCUT2D eigenvalue weighted by Gasteiger charge is -2.35. The van der Waals surface area contributed by atoms with Crippen molar-refractivity contribution >= 4 is 30.7 Å². The minimum Gasteiger partial charge on any atom is -0.340 e. The topological polar surface area (TPSA) is 49.6 Å². The molecule has 0 aromatic rings. The van der Waals surface area contributed by atoms with Crippen molar-refractivity contribution in [2.24, 2.45) is 11.7 Å². The van der Waals surface area contributed by atoms with Gasteiger partial charge >= 0.3 is 0 Å². The van der Waals surface area contributed by atoms with Crippen LogP contribution >= 0.6 is 24.8 Å². The Hall–Kier alpha value is -0.0300. The van der Waals surface area contributed by atoms with Gasteiger partial charge in [-0.2, -0.15) is 0 Å². The lowest BCUT2D eigenvalue weighted by Crippen LogP contribution is -2.50. The molecule has 1 rings (SSSR count). The number of carbonyl (C=O) groups is 1. The Morgan fingerprint density at radius 2 is 1.61 bits per heavy atom. The first-order chi connectivity index (χ1) is 7.49. The molecule has 6 heteroatoms. The molecule has 0 aliphatic carbocycles. The number of carbonyl (C=O) groups excluding carboxylic acids is 1. The summed E-state index contributed by atoms with van der Waals surface area (Å²) in [4.78, 5) is 16.1. The van der Waals surface area contributed by atoms with E-state index in [-0.39, 0.29) is 36.8 Å². The molecule has 1 heterocycles. The molecule has 0 radical (unpaired) electrons. The summed E-state index contributed by atoms with van der Waals surface area (Å²) in [7, 11) is 0. The van der Waals surface area contributed by atoms with Gasteiger partial charge in [0.25, 0.3) is 0 Å². The Morgan fingerprint density at radius 3 is 2.00 bits per heavy atom. The van der Waals surface area contributed by atoms with Crippen LogP contribution in [0.2, 0.25) is 0 Å². The Balaban J connectivity index is 0. The van der Waals surface area contributed by atoms with Crippen LogP contribution in [0.1, 0.15) is 27.2 Å². The van der Waals surface area contributed by atoms with Gasteiger partial charge in [0.2, 0.25) is 5.91 Å². The number of rotatable bonds is 4. The maximum absolute atomic E-state index is 11.8. The normalized spacial score (nSPS) is 17.9. The molecule has 1 unspecified atom stereocenters. The quantitative estimate of drug-likeness (QED) is 0.853. The van der Waals surface area contributed by atoms with Gasteiger partial charge in [0.05, 0.1) is 0 Å². The Morgan fingerprint density at radius 1 is 1.11 bits per heavy atom. The van der Waals surface area contributed by atoms with Gasteiger partial charge in [-0.25, -0.2) is 0 Å². The molecule has 1 aliphatic heterocycles. The van der Waals surface area contributed by atoms with Gasteiger partial charge < -0.3 is 10.6 Å². The Labute approximate surface area is 123 Å². The first-order valence-corrected chi connectivity index (χ1v) is 6.24. The highest BCUT2D eigenvalue weighted by molar-refractivity contribution is 5.85. The van der Waals surface area contributed by atoms with E-state index >= 15 is 0 Å². The molecule has 0 aromatic heterocycles. The van der Waals surface area contributed by atoms with Crippen molar-refractivity contribution in [3.05, 3.63) is 0 Å². The first kappa shape index (κ1) is 20.3. The van der Waals surface area contributed by atoms with Crippen LogP contribution in [0.4, 0.5) is 0 Å². The highest BCUT2D eigenvalue weighted by Crippen LogP contribution is 2.07. The summed E-state index contributed by atoms with van der Waals surface area (Å²) in [5.74, 6) is 0.908. The number of hydrogen-bond donors (Lipinski definition) is 1. The molecule has 1 fully saturated rings. The molecular weight excluding hydrogens is 273 g/mol. The molecule has 1 saturated heterocycles. The molecule has 4 nitrogen and oxygen atoms in total. The van der Waals surface area contributed by atoms with Gasteiger partial charge in [-0.05, 0) is 12.8 Å². The number of nitrogens with zero attached hydrogens (tertiary/aromatic N) is 2. The smallest absolute Gasteiger partial charge is 0.224 e. The third-order valence-electron chi connectivity index (χ3n) is 2.84. The van der Waals surface area contributed by atoms with Crippen molar-refractivity contribution in [2.45, 2.75) is 33.2 Å². The SMILES string of the molecule is CC(C)CN1CCN(C(=O)CC(C)N)CC1.Cl.Cl. The summed E-state index contributed by atoms with van der Waals surface area (Å²) in [6.45, 7) is 11.2. The average Bonchev–Trinajstić information content (AvgIpc) is 2.16. The molecule has 0 bridgehead atoms. The van der Waals surface area contributed by atoms with Crippen LogP contribution in [0.5, 0.6) is 0 Å². The minimum atomic E-state index is -0.0267. The van der Waals surface area contributed by atoms with Crippen LogP contribution in [0, 0.1) is 5.92 Å². The molecule has 1 aliphatic rings. The van der Waals surface area contributed by atoms with E-state index in [1.807, 2.05) is 11.8 Å². The van der Waals surface area contributed by atoms with Gasteiger partial charge in [0, 0.05) is 45.2 Å². The Bertz CT molecular complexity index is 229. The lowest BCUT2D eigenvalue weighted by atomic mass is 10.1. The highest BCUT2D eigenvalue weighted by Gasteiger charge is 2.21. The maximum Gasteiger partial charge on any atom is 0.224 e. The fourth-order valence-electron chi connectivity index (χ4n) is 2.10. The second kappa shape index (κ2) is 9.84. The monoisotopic (exact) mass is 299 g/mol. The van der Waals surface area contributed by atoms with Crippen LogP contribution in [-0.4, -0.2) is 54.5 Å². The molecule has 110 valence electrons. The van der Waals surface area contributed by atoms with E-state index in [4.69, 9.17) is 5.73 Å². The number of hydrogen-bond acceptors (Lipinski definition) is 3. The molecule has 0 saturated carbocycles. The van der Waals surface area contributed by atoms with Crippen LogP contribution in [0.25, 0.3) is 0 Å². The summed E-state index contributed by atoms with van der Waals surface area (Å²) in [5, 5.41) is 0. The standard InChI is InChI=1S/C12H25N3O.2ClH/c1-10(2)9-14-4-6-15(7-5-14)12(16)8-11(3)13;;/h10-11H,4-9,13H2,1-3H3;2*1H. The Kier molecular flexibility index (Phi) is 11.1. The molecular formula is C12H27Cl2N3O. The van der Waals surface area contributed by atoms with Crippen molar-refractivity contribution in [3.8, 4) is 0 Å². The molecule has 18 heavy (non-hydrogen) atoms. The van der Waals surface area contributed by atoms with Crippen LogP contribution in [-0.2, 0) is 4.79 Å². The second-order valence-electron chi connectivity index (χ2n) is 5.26. The molecule has 1 amide bonds. The van der Waals surface area contributed by atoms with Crippen molar-refractivity contribution in [1.29, 1.82) is 0 Å². The zero-order chi connectivity index (χ0) is 12.1. The van der Waals surface area contributed by atoms with Crippen molar-refractivity contribution < 1.29 is 4.79 Å². The molecule has 1 atom stereocenters. The van der Waals surface area contributed by atoms with Gasteiger partial charge in [0.15, 0.2) is 0 Å². The second-order valence-corrected chi connectivity index (χ2v) is 5.26. The number of halogens is 2. The van der Waals surface area contributed by atoms with E-state index in [1.54, 1.807) is 0 Å².